The van der Waals surface area contributed by atoms with Crippen molar-refractivity contribution in [1.82, 2.24) is 0 Å². The first kappa shape index (κ1) is 15.6. The van der Waals surface area contributed by atoms with Gasteiger partial charge in [0.05, 0.1) is 6.61 Å². The number of rotatable bonds is 5. The van der Waals surface area contributed by atoms with E-state index in [0.717, 1.165) is 21.3 Å². The minimum Gasteiger partial charge on any atom is -0.464 e. The van der Waals surface area contributed by atoms with Gasteiger partial charge in [-0.25, -0.2) is 4.79 Å². The molecule has 0 fully saturated rings. The van der Waals surface area contributed by atoms with Crippen molar-refractivity contribution in [3.63, 3.8) is 0 Å². The number of esters is 1. The summed E-state index contributed by atoms with van der Waals surface area (Å²) in [6.07, 6.45) is 0. The summed E-state index contributed by atoms with van der Waals surface area (Å²) < 4.78 is 6.16. The Hall–Kier alpha value is -1.81. The van der Waals surface area contributed by atoms with E-state index in [1.165, 1.54) is 0 Å². The summed E-state index contributed by atoms with van der Waals surface area (Å²) in [5, 5.41) is 3.28. The Bertz CT molecular complexity index is 610. The van der Waals surface area contributed by atoms with E-state index in [4.69, 9.17) is 4.74 Å². The van der Waals surface area contributed by atoms with E-state index >= 15 is 0 Å². The molecule has 0 amide bonds. The number of aryl methyl sites for hydroxylation is 1. The van der Waals surface area contributed by atoms with E-state index in [2.05, 4.69) is 21.2 Å². The summed E-state index contributed by atoms with van der Waals surface area (Å²) in [6, 6.07) is 15.0. The van der Waals surface area contributed by atoms with Gasteiger partial charge in [0, 0.05) is 10.2 Å². The highest BCUT2D eigenvalue weighted by atomic mass is 79.9. The summed E-state index contributed by atoms with van der Waals surface area (Å²) in [5.74, 6) is -0.275. The number of halogens is 1. The Morgan fingerprint density at radius 1 is 1.19 bits per heavy atom. The average molecular weight is 348 g/mol. The van der Waals surface area contributed by atoms with Crippen LogP contribution in [0.15, 0.2) is 53.0 Å². The van der Waals surface area contributed by atoms with Gasteiger partial charge in [0.25, 0.3) is 0 Å². The fourth-order valence-electron chi connectivity index (χ4n) is 2.05. The Labute approximate surface area is 133 Å². The number of anilines is 1. The van der Waals surface area contributed by atoms with Gasteiger partial charge < -0.3 is 10.1 Å². The van der Waals surface area contributed by atoms with Crippen molar-refractivity contribution in [2.45, 2.75) is 19.9 Å². The molecule has 2 aromatic rings. The zero-order chi connectivity index (χ0) is 15.2. The first-order chi connectivity index (χ1) is 10.1. The van der Waals surface area contributed by atoms with E-state index in [1.807, 2.05) is 62.4 Å². The number of para-hydroxylation sites is 1. The van der Waals surface area contributed by atoms with Gasteiger partial charge in [-0.2, -0.15) is 0 Å². The highest BCUT2D eigenvalue weighted by molar-refractivity contribution is 9.10. The van der Waals surface area contributed by atoms with Gasteiger partial charge in [-0.15, -0.1) is 0 Å². The van der Waals surface area contributed by atoms with Crippen molar-refractivity contribution in [3.05, 3.63) is 64.1 Å². The van der Waals surface area contributed by atoms with Crippen molar-refractivity contribution >= 4 is 27.6 Å². The second kappa shape index (κ2) is 7.27. The molecular formula is C17H18BrNO2. The Morgan fingerprint density at radius 3 is 2.48 bits per heavy atom. The third-order valence-corrected chi connectivity index (χ3v) is 3.70. The van der Waals surface area contributed by atoms with E-state index in [1.54, 1.807) is 0 Å². The van der Waals surface area contributed by atoms with E-state index in [-0.39, 0.29) is 5.97 Å². The van der Waals surface area contributed by atoms with Gasteiger partial charge in [-0.3, -0.25) is 0 Å². The minimum absolute atomic E-state index is 0.275. The van der Waals surface area contributed by atoms with E-state index in [9.17, 15) is 4.79 Å². The normalized spacial score (nSPS) is 11.8. The first-order valence-corrected chi connectivity index (χ1v) is 7.65. The number of carbonyl (C=O) groups excluding carboxylic acids is 1. The van der Waals surface area contributed by atoms with Gasteiger partial charge in [0.2, 0.25) is 0 Å². The molecule has 0 aliphatic carbocycles. The molecule has 4 heteroatoms. The van der Waals surface area contributed by atoms with Gasteiger partial charge in [0.15, 0.2) is 6.04 Å². The second-order valence-corrected chi connectivity index (χ2v) is 5.61. The van der Waals surface area contributed by atoms with Crippen molar-refractivity contribution in [3.8, 4) is 0 Å². The molecule has 0 radical (unpaired) electrons. The molecule has 2 aromatic carbocycles. The summed E-state index contributed by atoms with van der Waals surface area (Å²) in [5.41, 5.74) is 2.89. The van der Waals surface area contributed by atoms with Gasteiger partial charge >= 0.3 is 5.97 Å². The lowest BCUT2D eigenvalue weighted by atomic mass is 10.1. The monoisotopic (exact) mass is 347 g/mol. The highest BCUT2D eigenvalue weighted by Crippen LogP contribution is 2.24. The maximum absolute atomic E-state index is 12.2. The van der Waals surface area contributed by atoms with Crippen LogP contribution in [0.2, 0.25) is 0 Å². The van der Waals surface area contributed by atoms with Crippen molar-refractivity contribution in [2.75, 3.05) is 11.9 Å². The van der Waals surface area contributed by atoms with Gasteiger partial charge in [-0.05, 0) is 43.2 Å². The molecule has 1 N–H and O–H groups in total. The fourth-order valence-corrected chi connectivity index (χ4v) is 2.31. The van der Waals surface area contributed by atoms with Crippen LogP contribution in [-0.2, 0) is 9.53 Å². The number of benzene rings is 2. The first-order valence-electron chi connectivity index (χ1n) is 6.86. The molecule has 1 atom stereocenters. The molecule has 0 heterocycles. The van der Waals surface area contributed by atoms with Crippen LogP contribution in [0.3, 0.4) is 0 Å². The maximum atomic E-state index is 12.2. The quantitative estimate of drug-likeness (QED) is 0.810. The molecule has 0 aromatic heterocycles. The average Bonchev–Trinajstić information content (AvgIpc) is 2.48. The van der Waals surface area contributed by atoms with Crippen LogP contribution < -0.4 is 5.32 Å². The summed E-state index contributed by atoms with van der Waals surface area (Å²) in [6.45, 7) is 4.18. The van der Waals surface area contributed by atoms with Crippen molar-refractivity contribution in [2.24, 2.45) is 0 Å². The minimum atomic E-state index is -0.515. The maximum Gasteiger partial charge on any atom is 0.333 e. The van der Waals surface area contributed by atoms with Gasteiger partial charge in [0.1, 0.15) is 0 Å². The predicted octanol–water partition coefficient (Wildman–Crippen LogP) is 4.47. The molecule has 1 unspecified atom stereocenters. The molecule has 2 rings (SSSR count). The molecule has 3 nitrogen and oxygen atoms in total. The number of hydrogen-bond acceptors (Lipinski definition) is 3. The molecule has 0 saturated heterocycles. The largest absolute Gasteiger partial charge is 0.464 e. The molecule has 110 valence electrons. The predicted molar refractivity (Wildman–Crippen MR) is 88.3 cm³/mol. The summed E-state index contributed by atoms with van der Waals surface area (Å²) in [7, 11) is 0. The third kappa shape index (κ3) is 4.08. The smallest absolute Gasteiger partial charge is 0.333 e. The number of nitrogens with one attached hydrogen (secondary N) is 1. The number of carbonyl (C=O) groups is 1. The Balaban J connectivity index is 2.30. The standard InChI is InChI=1S/C17H18BrNO2/c1-3-21-17(20)16(13-8-10-14(18)11-9-13)19-15-7-5-4-6-12(15)2/h4-11,16,19H,3H2,1-2H3. The van der Waals surface area contributed by atoms with Crippen LogP contribution in [0.4, 0.5) is 5.69 Å². The SMILES string of the molecule is CCOC(=O)C(Nc1ccccc1C)c1ccc(Br)cc1. The van der Waals surface area contributed by atoms with Crippen LogP contribution in [0, 0.1) is 6.92 Å². The summed E-state index contributed by atoms with van der Waals surface area (Å²) >= 11 is 3.40. The van der Waals surface area contributed by atoms with Crippen LogP contribution in [0.5, 0.6) is 0 Å². The fraction of sp³-hybridized carbons (Fsp3) is 0.235. The lowest BCUT2D eigenvalue weighted by Gasteiger charge is -2.20. The zero-order valence-electron chi connectivity index (χ0n) is 12.1. The molecule has 21 heavy (non-hydrogen) atoms. The Kier molecular flexibility index (Phi) is 5.39. The molecule has 0 bridgehead atoms. The van der Waals surface area contributed by atoms with Crippen LogP contribution in [0.25, 0.3) is 0 Å². The lowest BCUT2D eigenvalue weighted by molar-refractivity contribution is -0.144. The number of hydrogen-bond donors (Lipinski definition) is 1. The third-order valence-electron chi connectivity index (χ3n) is 3.17. The topological polar surface area (TPSA) is 38.3 Å². The van der Waals surface area contributed by atoms with Crippen LogP contribution in [-0.4, -0.2) is 12.6 Å². The van der Waals surface area contributed by atoms with Crippen LogP contribution >= 0.6 is 15.9 Å². The molecule has 0 spiro atoms. The van der Waals surface area contributed by atoms with Crippen LogP contribution in [0.1, 0.15) is 24.1 Å². The van der Waals surface area contributed by atoms with E-state index < -0.39 is 6.04 Å². The number of ether oxygens (including phenoxy) is 1. The molecular weight excluding hydrogens is 330 g/mol. The lowest BCUT2D eigenvalue weighted by Crippen LogP contribution is -2.23. The highest BCUT2D eigenvalue weighted by Gasteiger charge is 2.22. The molecule has 0 saturated carbocycles. The molecule has 0 aliphatic heterocycles. The van der Waals surface area contributed by atoms with E-state index in [0.29, 0.717) is 6.61 Å². The summed E-state index contributed by atoms with van der Waals surface area (Å²) in [4.78, 5) is 12.2. The Morgan fingerprint density at radius 2 is 1.86 bits per heavy atom. The van der Waals surface area contributed by atoms with Crippen molar-refractivity contribution < 1.29 is 9.53 Å². The second-order valence-electron chi connectivity index (χ2n) is 4.70. The van der Waals surface area contributed by atoms with Gasteiger partial charge in [-0.1, -0.05) is 46.3 Å². The zero-order valence-corrected chi connectivity index (χ0v) is 13.7. The molecule has 0 aliphatic rings. The van der Waals surface area contributed by atoms with Crippen molar-refractivity contribution in [1.29, 1.82) is 0 Å².